The van der Waals surface area contributed by atoms with Crippen molar-refractivity contribution in [3.63, 3.8) is 0 Å². The fourth-order valence-corrected chi connectivity index (χ4v) is 3.70. The van der Waals surface area contributed by atoms with Crippen molar-refractivity contribution in [3.8, 4) is 11.5 Å². The lowest BCUT2D eigenvalue weighted by Gasteiger charge is -2.36. The number of hydrogen-bond donors (Lipinski definition) is 0. The Kier molecular flexibility index (Phi) is 3.98. The van der Waals surface area contributed by atoms with Gasteiger partial charge in [-0.3, -0.25) is 9.89 Å². The molecule has 0 radical (unpaired) electrons. The predicted molar refractivity (Wildman–Crippen MR) is 95.0 cm³/mol. The summed E-state index contributed by atoms with van der Waals surface area (Å²) in [5.74, 6) is 1.56. The summed E-state index contributed by atoms with van der Waals surface area (Å²) in [6.07, 6.45) is 4.00. The molecule has 0 N–H and O–H groups in total. The van der Waals surface area contributed by atoms with Gasteiger partial charge in [0, 0.05) is 25.7 Å². The zero-order valence-corrected chi connectivity index (χ0v) is 14.2. The van der Waals surface area contributed by atoms with Crippen molar-refractivity contribution in [2.24, 2.45) is 4.99 Å². The molecule has 0 amide bonds. The van der Waals surface area contributed by atoms with Crippen LogP contribution in [0.5, 0.6) is 11.5 Å². The Morgan fingerprint density at radius 2 is 1.75 bits per heavy atom. The molecule has 2 aliphatic rings. The fourth-order valence-electron chi connectivity index (χ4n) is 3.70. The Labute approximate surface area is 142 Å². The lowest BCUT2D eigenvalue weighted by atomic mass is 9.95. The summed E-state index contributed by atoms with van der Waals surface area (Å²) in [6, 6.07) is 12.9. The number of fused-ring (bicyclic) bond motifs is 2. The molecule has 0 saturated heterocycles. The van der Waals surface area contributed by atoms with Crippen LogP contribution in [0.3, 0.4) is 0 Å². The summed E-state index contributed by atoms with van der Waals surface area (Å²) >= 11 is 0. The molecule has 2 heterocycles. The molecule has 1 atom stereocenters. The Bertz CT molecular complexity index is 785. The van der Waals surface area contributed by atoms with E-state index in [0.29, 0.717) is 0 Å². The first-order chi connectivity index (χ1) is 11.8. The van der Waals surface area contributed by atoms with E-state index < -0.39 is 0 Å². The number of ether oxygens (including phenoxy) is 2. The zero-order chi connectivity index (χ0) is 16.5. The molecule has 0 fully saturated rings. The molecule has 0 aromatic heterocycles. The lowest BCUT2D eigenvalue weighted by Crippen LogP contribution is -2.34. The monoisotopic (exact) mass is 322 g/mol. The fraction of sp³-hybridized carbons (Fsp3) is 0.350. The average Bonchev–Trinajstić information content (AvgIpc) is 2.65. The molecular weight excluding hydrogens is 300 g/mol. The van der Waals surface area contributed by atoms with Crippen molar-refractivity contribution in [3.05, 3.63) is 58.7 Å². The lowest BCUT2D eigenvalue weighted by molar-refractivity contribution is 0.183. The highest BCUT2D eigenvalue weighted by Crippen LogP contribution is 2.38. The van der Waals surface area contributed by atoms with Crippen LogP contribution in [-0.2, 0) is 19.4 Å². The molecule has 2 aromatic rings. The first-order valence-electron chi connectivity index (χ1n) is 8.37. The van der Waals surface area contributed by atoms with Crippen molar-refractivity contribution < 1.29 is 9.47 Å². The normalized spacial score (nSPS) is 19.5. The van der Waals surface area contributed by atoms with Crippen molar-refractivity contribution in [1.82, 2.24) is 4.90 Å². The Morgan fingerprint density at radius 1 is 1.00 bits per heavy atom. The standard InChI is InChI=1S/C20H22N2O2/c1-23-18-11-15-7-9-21-20(17(15)12-19(18)24-2)22-10-8-14-5-3-4-6-16(14)13-22/h3-6,9,11-12,20H,7-8,10,13H2,1-2H3. The SMILES string of the molecule is COc1cc2c(cc1OC)C(N1CCc3ccccc3C1)N=CC2. The summed E-state index contributed by atoms with van der Waals surface area (Å²) in [4.78, 5) is 7.25. The minimum absolute atomic E-state index is 0.0573. The van der Waals surface area contributed by atoms with E-state index in [-0.39, 0.29) is 6.17 Å². The third-order valence-corrected chi connectivity index (χ3v) is 4.99. The van der Waals surface area contributed by atoms with E-state index >= 15 is 0 Å². The van der Waals surface area contributed by atoms with E-state index in [2.05, 4.69) is 41.3 Å². The van der Waals surface area contributed by atoms with Gasteiger partial charge in [-0.2, -0.15) is 0 Å². The van der Waals surface area contributed by atoms with Crippen LogP contribution in [0.1, 0.15) is 28.4 Å². The average molecular weight is 322 g/mol. The maximum absolute atomic E-state index is 5.50. The van der Waals surface area contributed by atoms with Gasteiger partial charge in [-0.25, -0.2) is 0 Å². The first-order valence-corrected chi connectivity index (χ1v) is 8.37. The van der Waals surface area contributed by atoms with E-state index in [9.17, 15) is 0 Å². The second-order valence-corrected chi connectivity index (χ2v) is 6.30. The van der Waals surface area contributed by atoms with Crippen molar-refractivity contribution in [2.75, 3.05) is 20.8 Å². The smallest absolute Gasteiger partial charge is 0.161 e. The van der Waals surface area contributed by atoms with Gasteiger partial charge in [0.05, 0.1) is 14.2 Å². The highest BCUT2D eigenvalue weighted by Gasteiger charge is 2.28. The Balaban J connectivity index is 1.69. The molecule has 0 saturated carbocycles. The maximum atomic E-state index is 5.50. The van der Waals surface area contributed by atoms with Gasteiger partial charge < -0.3 is 9.47 Å². The van der Waals surface area contributed by atoms with Gasteiger partial charge in [0.1, 0.15) is 6.17 Å². The van der Waals surface area contributed by atoms with Gasteiger partial charge in [0.15, 0.2) is 11.5 Å². The van der Waals surface area contributed by atoms with Gasteiger partial charge in [0.25, 0.3) is 0 Å². The predicted octanol–water partition coefficient (Wildman–Crippen LogP) is 3.39. The summed E-state index contributed by atoms with van der Waals surface area (Å²) in [6.45, 7) is 1.96. The maximum Gasteiger partial charge on any atom is 0.161 e. The third-order valence-electron chi connectivity index (χ3n) is 4.99. The molecule has 4 heteroatoms. The summed E-state index contributed by atoms with van der Waals surface area (Å²) in [5, 5.41) is 0. The van der Waals surface area contributed by atoms with Crippen molar-refractivity contribution in [1.29, 1.82) is 0 Å². The van der Waals surface area contributed by atoms with Gasteiger partial charge in [-0.1, -0.05) is 24.3 Å². The van der Waals surface area contributed by atoms with Gasteiger partial charge >= 0.3 is 0 Å². The van der Waals surface area contributed by atoms with E-state index in [1.54, 1.807) is 14.2 Å². The number of rotatable bonds is 3. The molecule has 0 aliphatic carbocycles. The highest BCUT2D eigenvalue weighted by atomic mass is 16.5. The molecule has 24 heavy (non-hydrogen) atoms. The van der Waals surface area contributed by atoms with Crippen molar-refractivity contribution in [2.45, 2.75) is 25.6 Å². The van der Waals surface area contributed by atoms with Crippen molar-refractivity contribution >= 4 is 6.21 Å². The Morgan fingerprint density at radius 3 is 2.54 bits per heavy atom. The molecule has 2 aliphatic heterocycles. The molecule has 0 bridgehead atoms. The molecule has 0 spiro atoms. The van der Waals surface area contributed by atoms with Crippen LogP contribution in [-0.4, -0.2) is 31.9 Å². The van der Waals surface area contributed by atoms with Crippen LogP contribution in [0.25, 0.3) is 0 Å². The number of methoxy groups -OCH3 is 2. The van der Waals surface area contributed by atoms with Gasteiger partial charge in [0.2, 0.25) is 0 Å². The molecule has 2 aromatic carbocycles. The minimum Gasteiger partial charge on any atom is -0.493 e. The molecule has 1 unspecified atom stereocenters. The van der Waals surface area contributed by atoms with E-state index in [1.165, 1.54) is 22.3 Å². The van der Waals surface area contributed by atoms with Gasteiger partial charge in [-0.05, 0) is 40.8 Å². The second kappa shape index (κ2) is 6.29. The summed E-state index contributed by atoms with van der Waals surface area (Å²) in [5.41, 5.74) is 5.37. The quantitative estimate of drug-likeness (QED) is 0.869. The summed E-state index contributed by atoms with van der Waals surface area (Å²) in [7, 11) is 3.36. The van der Waals surface area contributed by atoms with Gasteiger partial charge in [-0.15, -0.1) is 0 Å². The van der Waals surface area contributed by atoms with E-state index in [0.717, 1.165) is 37.4 Å². The molecule has 4 nitrogen and oxygen atoms in total. The van der Waals surface area contributed by atoms with Crippen LogP contribution in [0.4, 0.5) is 0 Å². The molecule has 4 rings (SSSR count). The second-order valence-electron chi connectivity index (χ2n) is 6.30. The zero-order valence-electron chi connectivity index (χ0n) is 14.2. The van der Waals surface area contributed by atoms with Crippen LogP contribution >= 0.6 is 0 Å². The van der Waals surface area contributed by atoms with Crippen LogP contribution < -0.4 is 9.47 Å². The number of hydrogen-bond acceptors (Lipinski definition) is 4. The minimum atomic E-state index is 0.0573. The van der Waals surface area contributed by atoms with Crippen LogP contribution in [0, 0.1) is 0 Å². The van der Waals surface area contributed by atoms with Crippen LogP contribution in [0.15, 0.2) is 41.4 Å². The molecular formula is C20H22N2O2. The topological polar surface area (TPSA) is 34.1 Å². The van der Waals surface area contributed by atoms with Crippen LogP contribution in [0.2, 0.25) is 0 Å². The highest BCUT2D eigenvalue weighted by molar-refractivity contribution is 5.67. The molecule has 124 valence electrons. The number of benzene rings is 2. The number of aliphatic imine (C=N–C) groups is 1. The van der Waals surface area contributed by atoms with E-state index in [1.807, 2.05) is 6.21 Å². The largest absolute Gasteiger partial charge is 0.493 e. The number of nitrogens with zero attached hydrogens (tertiary/aromatic N) is 2. The van der Waals surface area contributed by atoms with E-state index in [4.69, 9.17) is 14.5 Å². The Hall–Kier alpha value is -2.33. The third kappa shape index (κ3) is 2.57. The summed E-state index contributed by atoms with van der Waals surface area (Å²) < 4.78 is 10.9. The first kappa shape index (κ1) is 15.2.